The van der Waals surface area contributed by atoms with Gasteiger partial charge in [0.05, 0.1) is 32.2 Å². The van der Waals surface area contributed by atoms with Crippen LogP contribution in [0.1, 0.15) is 5.56 Å². The summed E-state index contributed by atoms with van der Waals surface area (Å²) < 4.78 is 29.4. The Morgan fingerprint density at radius 2 is 1.89 bits per heavy atom. The Bertz CT molecular complexity index is 1210. The van der Waals surface area contributed by atoms with E-state index in [1.165, 1.54) is 6.33 Å². The number of ether oxygens (including phenoxy) is 3. The van der Waals surface area contributed by atoms with Crippen LogP contribution in [-0.4, -0.2) is 90.5 Å². The summed E-state index contributed by atoms with van der Waals surface area (Å²) in [5, 5.41) is 30.8. The van der Waals surface area contributed by atoms with E-state index in [0.717, 1.165) is 11.1 Å². The van der Waals surface area contributed by atoms with Crippen molar-refractivity contribution < 1.29 is 48.4 Å². The predicted molar refractivity (Wildman–Crippen MR) is 124 cm³/mol. The van der Waals surface area contributed by atoms with Crippen LogP contribution in [0.5, 0.6) is 11.5 Å². The van der Waals surface area contributed by atoms with E-state index in [1.54, 1.807) is 20.5 Å². The standard InChI is InChI=1S/C14H14ClN5O2.C5H11O8P/c1-21-9-4-3-8(10(15)12(9)22-2)5-16-13-11-14(18-6-17-11)20-7-19-13;6-3-2(1-12-14(9,10)11)13-5(8)4(3)7/h3-4,6-7H,5H2,1-2H3,(H2,16,17,18,19,20);2-8H,1H2,(H2,9,10,11)/t;2-,3-,4-,5?/m.1/s1. The molecule has 1 unspecified atom stereocenters. The smallest absolute Gasteiger partial charge is 0.469 e. The number of hydrogen-bond donors (Lipinski definition) is 7. The maximum Gasteiger partial charge on any atom is 0.469 e. The molecule has 17 heteroatoms. The van der Waals surface area contributed by atoms with Crippen molar-refractivity contribution in [2.45, 2.75) is 31.1 Å². The second-order valence-corrected chi connectivity index (χ2v) is 8.90. The van der Waals surface area contributed by atoms with Gasteiger partial charge in [0, 0.05) is 6.54 Å². The average molecular weight is 550 g/mol. The van der Waals surface area contributed by atoms with Gasteiger partial charge >= 0.3 is 7.82 Å². The number of H-pyrrole nitrogens is 1. The van der Waals surface area contributed by atoms with E-state index in [0.29, 0.717) is 34.5 Å². The van der Waals surface area contributed by atoms with E-state index >= 15 is 0 Å². The number of fused-ring (bicyclic) bond motifs is 1. The summed E-state index contributed by atoms with van der Waals surface area (Å²) >= 11 is 6.36. The Morgan fingerprint density at radius 3 is 2.50 bits per heavy atom. The molecule has 0 aliphatic carbocycles. The van der Waals surface area contributed by atoms with Crippen LogP contribution in [0.25, 0.3) is 11.2 Å². The van der Waals surface area contributed by atoms with Crippen LogP contribution in [0.2, 0.25) is 5.02 Å². The number of halogens is 1. The highest BCUT2D eigenvalue weighted by Gasteiger charge is 2.42. The largest absolute Gasteiger partial charge is 0.493 e. The molecule has 198 valence electrons. The number of aromatic amines is 1. The minimum Gasteiger partial charge on any atom is -0.493 e. The molecule has 3 heterocycles. The zero-order valence-corrected chi connectivity index (χ0v) is 20.6. The van der Waals surface area contributed by atoms with Crippen molar-refractivity contribution in [3.8, 4) is 11.5 Å². The number of benzene rings is 1. The molecular weight excluding hydrogens is 525 g/mol. The molecule has 36 heavy (non-hydrogen) atoms. The number of aliphatic hydroxyl groups is 3. The Hall–Kier alpha value is -2.59. The van der Waals surface area contributed by atoms with Crippen molar-refractivity contribution in [2.24, 2.45) is 0 Å². The van der Waals surface area contributed by atoms with Gasteiger partial charge in [0.15, 0.2) is 29.3 Å². The molecule has 1 aliphatic rings. The molecule has 1 fully saturated rings. The van der Waals surface area contributed by atoms with Gasteiger partial charge in [0.1, 0.15) is 30.2 Å². The number of aromatic nitrogens is 4. The number of imidazole rings is 1. The maximum absolute atomic E-state index is 10.3. The van der Waals surface area contributed by atoms with Crippen LogP contribution >= 0.6 is 19.4 Å². The summed E-state index contributed by atoms with van der Waals surface area (Å²) in [6.07, 6.45) is -2.63. The van der Waals surface area contributed by atoms with Crippen LogP contribution in [-0.2, 0) is 20.4 Å². The topological polar surface area (TPSA) is 222 Å². The molecule has 15 nitrogen and oxygen atoms in total. The monoisotopic (exact) mass is 549 g/mol. The van der Waals surface area contributed by atoms with Gasteiger partial charge in [-0.2, -0.15) is 0 Å². The van der Waals surface area contributed by atoms with E-state index in [4.69, 9.17) is 46.2 Å². The number of hydrogen-bond acceptors (Lipinski definition) is 12. The fourth-order valence-electron chi connectivity index (χ4n) is 3.18. The lowest BCUT2D eigenvalue weighted by Crippen LogP contribution is -2.34. The van der Waals surface area contributed by atoms with Crippen molar-refractivity contribution in [1.82, 2.24) is 19.9 Å². The van der Waals surface area contributed by atoms with Crippen LogP contribution in [0.15, 0.2) is 24.8 Å². The fourth-order valence-corrected chi connectivity index (χ4v) is 3.82. The second kappa shape index (κ2) is 12.1. The summed E-state index contributed by atoms with van der Waals surface area (Å²) in [4.78, 5) is 32.0. The lowest BCUT2D eigenvalue weighted by atomic mass is 10.1. The van der Waals surface area contributed by atoms with E-state index in [2.05, 4.69) is 34.5 Å². The number of nitrogens with one attached hydrogen (secondary N) is 2. The minimum atomic E-state index is -4.64. The van der Waals surface area contributed by atoms with E-state index in [-0.39, 0.29) is 0 Å². The normalized spacial score (nSPS) is 21.7. The number of phosphoric ester groups is 1. The first-order valence-electron chi connectivity index (χ1n) is 10.2. The number of methoxy groups -OCH3 is 2. The molecule has 0 amide bonds. The molecular formula is C19H25ClN5O10P. The molecule has 1 aliphatic heterocycles. The highest BCUT2D eigenvalue weighted by atomic mass is 35.5. The van der Waals surface area contributed by atoms with Gasteiger partial charge in [-0.05, 0) is 11.6 Å². The molecule has 4 rings (SSSR count). The number of nitrogens with zero attached hydrogens (tertiary/aromatic N) is 3. The Kier molecular flexibility index (Phi) is 9.41. The van der Waals surface area contributed by atoms with E-state index in [1.807, 2.05) is 12.1 Å². The van der Waals surface area contributed by atoms with Gasteiger partial charge < -0.3 is 49.6 Å². The van der Waals surface area contributed by atoms with Crippen molar-refractivity contribution in [1.29, 1.82) is 0 Å². The Morgan fingerprint density at radius 1 is 1.14 bits per heavy atom. The van der Waals surface area contributed by atoms with Crippen LogP contribution in [0, 0.1) is 0 Å². The highest BCUT2D eigenvalue weighted by Crippen LogP contribution is 2.38. The molecule has 3 aromatic rings. The average Bonchev–Trinajstić information content (AvgIpc) is 3.42. The van der Waals surface area contributed by atoms with Crippen LogP contribution in [0.3, 0.4) is 0 Å². The fraction of sp³-hybridized carbons (Fsp3) is 0.421. The summed E-state index contributed by atoms with van der Waals surface area (Å²) in [6.45, 7) is -0.135. The zero-order valence-electron chi connectivity index (χ0n) is 19.0. The molecule has 4 atom stereocenters. The van der Waals surface area contributed by atoms with Gasteiger partial charge in [0.25, 0.3) is 0 Å². The third-order valence-corrected chi connectivity index (χ3v) is 5.88. The van der Waals surface area contributed by atoms with Crippen LogP contribution < -0.4 is 14.8 Å². The minimum absolute atomic E-state index is 0.477. The number of phosphoric acid groups is 1. The molecule has 0 spiro atoms. The molecule has 7 N–H and O–H groups in total. The number of anilines is 1. The molecule has 0 bridgehead atoms. The molecule has 1 saturated heterocycles. The summed E-state index contributed by atoms with van der Waals surface area (Å²) in [7, 11) is -1.51. The van der Waals surface area contributed by atoms with Crippen molar-refractivity contribution in [3.05, 3.63) is 35.4 Å². The lowest BCUT2D eigenvalue weighted by Gasteiger charge is -2.14. The maximum atomic E-state index is 10.3. The van der Waals surface area contributed by atoms with Crippen molar-refractivity contribution in [3.63, 3.8) is 0 Å². The zero-order chi connectivity index (χ0) is 26.5. The summed E-state index contributed by atoms with van der Waals surface area (Å²) in [5.41, 5.74) is 2.22. The first-order valence-corrected chi connectivity index (χ1v) is 12.1. The van der Waals surface area contributed by atoms with Gasteiger partial charge in [-0.3, -0.25) is 4.52 Å². The first kappa shape index (κ1) is 28.0. The molecule has 2 aromatic heterocycles. The highest BCUT2D eigenvalue weighted by molar-refractivity contribution is 7.46. The van der Waals surface area contributed by atoms with Gasteiger partial charge in [-0.25, -0.2) is 19.5 Å². The van der Waals surface area contributed by atoms with E-state index in [9.17, 15) is 4.57 Å². The van der Waals surface area contributed by atoms with Crippen LogP contribution in [0.4, 0.5) is 5.82 Å². The van der Waals surface area contributed by atoms with Gasteiger partial charge in [-0.15, -0.1) is 0 Å². The quantitative estimate of drug-likeness (QED) is 0.186. The molecule has 1 aromatic carbocycles. The third-order valence-electron chi connectivity index (χ3n) is 4.98. The summed E-state index contributed by atoms with van der Waals surface area (Å²) in [5.74, 6) is 1.76. The van der Waals surface area contributed by atoms with E-state index < -0.39 is 39.0 Å². The second-order valence-electron chi connectivity index (χ2n) is 7.28. The van der Waals surface area contributed by atoms with Gasteiger partial charge in [0.2, 0.25) is 0 Å². The number of aliphatic hydroxyl groups excluding tert-OH is 3. The summed E-state index contributed by atoms with van der Waals surface area (Å²) in [6, 6.07) is 3.69. The first-order chi connectivity index (χ1) is 17.1. The molecule has 0 saturated carbocycles. The predicted octanol–water partition coefficient (Wildman–Crippen LogP) is 0.170. The van der Waals surface area contributed by atoms with Crippen molar-refractivity contribution in [2.75, 3.05) is 26.1 Å². The van der Waals surface area contributed by atoms with Crippen molar-refractivity contribution >= 4 is 36.4 Å². The lowest BCUT2D eigenvalue weighted by molar-refractivity contribution is -0.132. The third kappa shape index (κ3) is 6.79. The number of rotatable bonds is 8. The molecule has 0 radical (unpaired) electrons. The van der Waals surface area contributed by atoms with Gasteiger partial charge in [-0.1, -0.05) is 17.7 Å². The SMILES string of the molecule is COc1ccc(CNc2ncnc3nc[nH]c23)c(Cl)c1OC.O=P(O)(O)OC[C@H]1OC(O)[C@H](O)[C@@H]1O. The Balaban J connectivity index is 0.000000223. The Labute approximate surface area is 209 Å².